The number of alkyl halides is 2. The van der Waals surface area contributed by atoms with Gasteiger partial charge in [-0.25, -0.2) is 4.79 Å². The van der Waals surface area contributed by atoms with Crippen molar-refractivity contribution in [1.82, 2.24) is 0 Å². The maximum atomic E-state index is 11.7. The number of carbonyl (C=O) groups is 1. The Kier molecular flexibility index (Phi) is 3.25. The third-order valence-electron chi connectivity index (χ3n) is 2.11. The number of fused-ring (bicyclic) bond motifs is 1. The first-order chi connectivity index (χ1) is 7.59. The lowest BCUT2D eigenvalue weighted by Crippen LogP contribution is -2.18. The van der Waals surface area contributed by atoms with E-state index < -0.39 is 9.36 Å². The zero-order valence-corrected chi connectivity index (χ0v) is 11.1. The predicted octanol–water partition coefficient (Wildman–Crippen LogP) is 3.09. The summed E-state index contributed by atoms with van der Waals surface area (Å²) in [4.78, 5) is 23.2. The molecule has 16 heavy (non-hydrogen) atoms. The SMILES string of the molecule is O=C(c1cc2ccccc2oc1=O)C(Br)Br. The van der Waals surface area contributed by atoms with Crippen molar-refractivity contribution in [1.29, 1.82) is 0 Å². The zero-order chi connectivity index (χ0) is 11.7. The number of carbonyl (C=O) groups excluding carboxylic acids is 1. The molecule has 0 aliphatic rings. The molecule has 0 N–H and O–H groups in total. The molecular formula is C11H6Br2O3. The van der Waals surface area contributed by atoms with E-state index in [1.54, 1.807) is 24.3 Å². The Morgan fingerprint density at radius 2 is 1.94 bits per heavy atom. The molecule has 0 amide bonds. The van der Waals surface area contributed by atoms with E-state index in [0.717, 1.165) is 5.39 Å². The van der Waals surface area contributed by atoms with Crippen LogP contribution in [0.2, 0.25) is 0 Å². The van der Waals surface area contributed by atoms with Gasteiger partial charge in [0.15, 0.2) is 5.78 Å². The lowest BCUT2D eigenvalue weighted by atomic mass is 10.1. The quantitative estimate of drug-likeness (QED) is 0.477. The van der Waals surface area contributed by atoms with Gasteiger partial charge in [0, 0.05) is 5.39 Å². The summed E-state index contributed by atoms with van der Waals surface area (Å²) < 4.78 is 4.47. The smallest absolute Gasteiger partial charge is 0.347 e. The summed E-state index contributed by atoms with van der Waals surface area (Å²) in [6, 6.07) is 8.59. The van der Waals surface area contributed by atoms with E-state index in [4.69, 9.17) is 4.42 Å². The fraction of sp³-hybridized carbons (Fsp3) is 0.0909. The van der Waals surface area contributed by atoms with Crippen LogP contribution in [-0.2, 0) is 0 Å². The van der Waals surface area contributed by atoms with Crippen molar-refractivity contribution in [2.45, 2.75) is 3.74 Å². The summed E-state index contributed by atoms with van der Waals surface area (Å²) in [5.41, 5.74) is -0.102. The molecule has 0 bridgehead atoms. The number of hydrogen-bond acceptors (Lipinski definition) is 3. The molecule has 1 heterocycles. The molecule has 0 aliphatic carbocycles. The maximum Gasteiger partial charge on any atom is 0.347 e. The molecule has 0 radical (unpaired) electrons. The first kappa shape index (κ1) is 11.5. The van der Waals surface area contributed by atoms with Crippen molar-refractivity contribution >= 4 is 48.6 Å². The van der Waals surface area contributed by atoms with Gasteiger partial charge in [0.25, 0.3) is 0 Å². The van der Waals surface area contributed by atoms with Crippen LogP contribution in [0.4, 0.5) is 0 Å². The average Bonchev–Trinajstić information content (AvgIpc) is 2.27. The number of rotatable bonds is 2. The second-order valence-electron chi connectivity index (χ2n) is 3.15. The van der Waals surface area contributed by atoms with Gasteiger partial charge < -0.3 is 4.42 Å². The van der Waals surface area contributed by atoms with Crippen LogP contribution in [-0.4, -0.2) is 9.52 Å². The van der Waals surface area contributed by atoms with Crippen LogP contribution >= 0.6 is 31.9 Å². The minimum absolute atomic E-state index is 0.0393. The van der Waals surface area contributed by atoms with E-state index in [1.807, 2.05) is 6.07 Å². The normalized spacial score (nSPS) is 10.9. The topological polar surface area (TPSA) is 47.3 Å². The van der Waals surface area contributed by atoms with Crippen LogP contribution < -0.4 is 5.63 Å². The fourth-order valence-corrected chi connectivity index (χ4v) is 1.84. The van der Waals surface area contributed by atoms with Gasteiger partial charge in [-0.3, -0.25) is 4.79 Å². The van der Waals surface area contributed by atoms with Crippen LogP contribution in [0.5, 0.6) is 0 Å². The van der Waals surface area contributed by atoms with Gasteiger partial charge in [-0.05, 0) is 12.1 Å². The predicted molar refractivity (Wildman–Crippen MR) is 68.5 cm³/mol. The number of halogens is 2. The highest BCUT2D eigenvalue weighted by Gasteiger charge is 2.18. The van der Waals surface area contributed by atoms with E-state index in [2.05, 4.69) is 31.9 Å². The molecule has 0 spiro atoms. The lowest BCUT2D eigenvalue weighted by Gasteiger charge is -2.01. The van der Waals surface area contributed by atoms with Crippen molar-refractivity contribution in [2.24, 2.45) is 0 Å². The molecule has 2 aromatic rings. The summed E-state index contributed by atoms with van der Waals surface area (Å²) in [6.07, 6.45) is 0. The van der Waals surface area contributed by atoms with Gasteiger partial charge in [0.05, 0.1) is 0 Å². The van der Waals surface area contributed by atoms with Crippen molar-refractivity contribution in [3.05, 3.63) is 46.3 Å². The average molecular weight is 346 g/mol. The van der Waals surface area contributed by atoms with Gasteiger partial charge in [0.2, 0.25) is 0 Å². The summed E-state index contributed by atoms with van der Waals surface area (Å²) >= 11 is 6.12. The molecule has 0 saturated heterocycles. The Labute approximate surface area is 108 Å². The van der Waals surface area contributed by atoms with E-state index in [-0.39, 0.29) is 11.3 Å². The first-order valence-corrected chi connectivity index (χ1v) is 6.28. The van der Waals surface area contributed by atoms with Crippen LogP contribution in [0, 0.1) is 0 Å². The molecular weight excluding hydrogens is 340 g/mol. The molecule has 1 aromatic carbocycles. The van der Waals surface area contributed by atoms with Gasteiger partial charge in [-0.15, -0.1) is 0 Å². The van der Waals surface area contributed by atoms with Crippen LogP contribution in [0.15, 0.2) is 39.5 Å². The largest absolute Gasteiger partial charge is 0.422 e. The molecule has 3 nitrogen and oxygen atoms in total. The molecule has 2 rings (SSSR count). The molecule has 0 unspecified atom stereocenters. The number of benzene rings is 1. The molecule has 0 aliphatic heterocycles. The molecule has 5 heteroatoms. The summed E-state index contributed by atoms with van der Waals surface area (Å²) in [5, 5.41) is 0.728. The Morgan fingerprint density at radius 3 is 2.62 bits per heavy atom. The number of para-hydroxylation sites is 1. The molecule has 0 saturated carbocycles. The lowest BCUT2D eigenvalue weighted by molar-refractivity contribution is 0.101. The first-order valence-electron chi connectivity index (χ1n) is 4.45. The number of ketones is 1. The maximum absolute atomic E-state index is 11.7. The summed E-state index contributed by atoms with van der Waals surface area (Å²) in [7, 11) is 0. The highest BCUT2D eigenvalue weighted by atomic mass is 79.9. The highest BCUT2D eigenvalue weighted by molar-refractivity contribution is 9.25. The van der Waals surface area contributed by atoms with Crippen LogP contribution in [0.1, 0.15) is 10.4 Å². The molecule has 0 fully saturated rings. The Morgan fingerprint density at radius 1 is 1.25 bits per heavy atom. The molecule has 0 atom stereocenters. The highest BCUT2D eigenvalue weighted by Crippen LogP contribution is 2.17. The zero-order valence-electron chi connectivity index (χ0n) is 7.94. The van der Waals surface area contributed by atoms with Crippen molar-refractivity contribution < 1.29 is 9.21 Å². The van der Waals surface area contributed by atoms with Gasteiger partial charge in [0.1, 0.15) is 14.9 Å². The minimum Gasteiger partial charge on any atom is -0.422 e. The fourth-order valence-electron chi connectivity index (χ4n) is 1.35. The standard InChI is InChI=1S/C11H6Br2O3/c12-10(13)9(14)7-5-6-3-1-2-4-8(6)16-11(7)15/h1-5,10H. The van der Waals surface area contributed by atoms with Gasteiger partial charge in [-0.1, -0.05) is 50.1 Å². The Balaban J connectivity index is 2.68. The molecule has 1 aromatic heterocycles. The van der Waals surface area contributed by atoms with Crippen molar-refractivity contribution in [3.8, 4) is 0 Å². The van der Waals surface area contributed by atoms with E-state index in [1.165, 1.54) is 0 Å². The van der Waals surface area contributed by atoms with Gasteiger partial charge >= 0.3 is 5.63 Å². The van der Waals surface area contributed by atoms with Crippen molar-refractivity contribution in [3.63, 3.8) is 0 Å². The number of Topliss-reactive ketones (excluding diaryl/α,β-unsaturated/α-hetero) is 1. The minimum atomic E-state index is -0.618. The Hall–Kier alpha value is -0.940. The second-order valence-corrected chi connectivity index (χ2v) is 6.21. The van der Waals surface area contributed by atoms with Crippen molar-refractivity contribution in [2.75, 3.05) is 0 Å². The third-order valence-corrected chi connectivity index (χ3v) is 2.94. The monoisotopic (exact) mass is 344 g/mol. The van der Waals surface area contributed by atoms with E-state index in [9.17, 15) is 9.59 Å². The summed E-state index contributed by atoms with van der Waals surface area (Å²) in [6.45, 7) is 0. The molecule has 82 valence electrons. The Bertz CT molecular complexity index is 601. The summed E-state index contributed by atoms with van der Waals surface area (Å²) in [5.74, 6) is -0.348. The van der Waals surface area contributed by atoms with Crippen LogP contribution in [0.25, 0.3) is 11.0 Å². The second kappa shape index (κ2) is 4.51. The number of hydrogen-bond donors (Lipinski definition) is 0. The van der Waals surface area contributed by atoms with Crippen LogP contribution in [0.3, 0.4) is 0 Å². The van der Waals surface area contributed by atoms with Gasteiger partial charge in [-0.2, -0.15) is 0 Å². The van der Waals surface area contributed by atoms with E-state index >= 15 is 0 Å². The third kappa shape index (κ3) is 2.10. The van der Waals surface area contributed by atoms with E-state index in [0.29, 0.717) is 5.58 Å².